The highest BCUT2D eigenvalue weighted by Gasteiger charge is 1.70. The molecule has 0 atom stereocenters. The predicted molar refractivity (Wildman–Crippen MR) is 70.7 cm³/mol. The van der Waals surface area contributed by atoms with E-state index in [0.717, 1.165) is 20.8 Å². The highest BCUT2D eigenvalue weighted by atomic mass is 32.2. The maximum absolute atomic E-state index is 9.00. The topological polar surface area (TPSA) is 112 Å². The highest BCUT2D eigenvalue weighted by Crippen LogP contribution is 2.01. The Bertz CT molecular complexity index is 151. The van der Waals surface area contributed by atoms with Crippen molar-refractivity contribution in [3.63, 3.8) is 0 Å². The van der Waals surface area contributed by atoms with E-state index in [2.05, 4.69) is 37.9 Å². The molecule has 0 spiro atoms. The summed E-state index contributed by atoms with van der Waals surface area (Å²) in [6.45, 7) is 3.25. The molecule has 0 unspecified atom stereocenters. The smallest absolute Gasteiger partial charge is 0.300 e. The number of carboxylic acids is 3. The summed E-state index contributed by atoms with van der Waals surface area (Å²) in [4.78, 5) is 27.0. The van der Waals surface area contributed by atoms with E-state index >= 15 is 0 Å². The van der Waals surface area contributed by atoms with Crippen LogP contribution in [0, 0.1) is 0 Å². The number of rotatable bonds is 0. The molecule has 0 amide bonds. The largest absolute Gasteiger partial charge is 0.481 e. The fourth-order valence-electron chi connectivity index (χ4n) is 0. The van der Waals surface area contributed by atoms with E-state index in [0.29, 0.717) is 0 Å². The number of hydrogen-bond donors (Lipinski definition) is 6. The van der Waals surface area contributed by atoms with Gasteiger partial charge < -0.3 is 15.3 Å². The van der Waals surface area contributed by atoms with E-state index in [1.807, 2.05) is 0 Å². The first kappa shape index (κ1) is 24.6. The molecular weight excluding hydrogens is 276 g/mol. The zero-order valence-electron chi connectivity index (χ0n) is 8.99. The fourth-order valence-corrected chi connectivity index (χ4v) is 0. The standard InChI is InChI=1S/3C2H4O2.CH4S3/c3*1-2(3)4;2-1(3)4/h3*1H3,(H,3,4);1-4H. The van der Waals surface area contributed by atoms with Crippen molar-refractivity contribution in [1.82, 2.24) is 0 Å². The second-order valence-corrected chi connectivity index (χ2v) is 4.67. The Morgan fingerprint density at radius 1 is 0.750 bits per heavy atom. The van der Waals surface area contributed by atoms with Gasteiger partial charge in [-0.15, -0.1) is 0 Å². The first-order valence-electron chi connectivity index (χ1n) is 3.56. The highest BCUT2D eigenvalue weighted by molar-refractivity contribution is 8.15. The molecule has 0 aliphatic rings. The minimum Gasteiger partial charge on any atom is -0.481 e. The summed E-state index contributed by atoms with van der Waals surface area (Å²) < 4.78 is -0.0833. The van der Waals surface area contributed by atoms with E-state index < -0.39 is 17.9 Å². The Balaban J connectivity index is -0.0000000600. The third-order valence-corrected chi connectivity index (χ3v) is 0. The monoisotopic (exact) mass is 292 g/mol. The average Bonchev–Trinajstić information content (AvgIpc) is 1.76. The Kier molecular flexibility index (Phi) is 30.7. The van der Waals surface area contributed by atoms with Gasteiger partial charge in [-0.3, -0.25) is 14.4 Å². The lowest BCUT2D eigenvalue weighted by Gasteiger charge is -1.77. The van der Waals surface area contributed by atoms with Crippen molar-refractivity contribution in [3.05, 3.63) is 0 Å². The Hall–Kier alpha value is -0.540. The zero-order chi connectivity index (χ0) is 14.3. The second kappa shape index (κ2) is 19.9. The van der Waals surface area contributed by atoms with Crippen molar-refractivity contribution in [3.8, 4) is 0 Å². The fraction of sp³-hybridized carbons (Fsp3) is 0.571. The average molecular weight is 292 g/mol. The van der Waals surface area contributed by atoms with Crippen LogP contribution in [0.2, 0.25) is 0 Å². The summed E-state index contributed by atoms with van der Waals surface area (Å²) in [5, 5.41) is 22.2. The maximum atomic E-state index is 9.00. The van der Waals surface area contributed by atoms with E-state index in [4.69, 9.17) is 29.7 Å². The van der Waals surface area contributed by atoms with E-state index in [9.17, 15) is 0 Å². The van der Waals surface area contributed by atoms with Crippen molar-refractivity contribution in [2.75, 3.05) is 0 Å². The molecule has 0 radical (unpaired) electrons. The molecule has 0 rings (SSSR count). The van der Waals surface area contributed by atoms with Gasteiger partial charge in [0.15, 0.2) is 0 Å². The molecule has 0 heterocycles. The molecule has 0 saturated heterocycles. The number of aliphatic carboxylic acids is 3. The van der Waals surface area contributed by atoms with Crippen LogP contribution in [0.3, 0.4) is 0 Å². The number of thiol groups is 3. The van der Waals surface area contributed by atoms with Crippen LogP contribution in [0.25, 0.3) is 0 Å². The van der Waals surface area contributed by atoms with Crippen LogP contribution in [0.5, 0.6) is 0 Å². The lowest BCUT2D eigenvalue weighted by atomic mass is 10.9. The molecule has 0 fully saturated rings. The molecule has 6 nitrogen and oxygen atoms in total. The van der Waals surface area contributed by atoms with Gasteiger partial charge in [0, 0.05) is 20.8 Å². The Morgan fingerprint density at radius 2 is 0.750 bits per heavy atom. The minimum atomic E-state index is -0.833. The number of hydrogen-bond acceptors (Lipinski definition) is 6. The van der Waals surface area contributed by atoms with E-state index in [-0.39, 0.29) is 3.91 Å². The molecule has 0 aliphatic carbocycles. The molecule has 0 bridgehead atoms. The summed E-state index contributed by atoms with van der Waals surface area (Å²) in [6.07, 6.45) is 0. The summed E-state index contributed by atoms with van der Waals surface area (Å²) >= 11 is 11.1. The lowest BCUT2D eigenvalue weighted by molar-refractivity contribution is -0.135. The van der Waals surface area contributed by atoms with Gasteiger partial charge in [-0.1, -0.05) is 0 Å². The van der Waals surface area contributed by atoms with Crippen LogP contribution in [0.15, 0.2) is 0 Å². The zero-order valence-corrected chi connectivity index (χ0v) is 11.7. The van der Waals surface area contributed by atoms with Gasteiger partial charge in [0.05, 0.1) is 3.91 Å². The second-order valence-electron chi connectivity index (χ2n) is 1.90. The minimum absolute atomic E-state index is 0.0833. The molecule has 0 aromatic rings. The van der Waals surface area contributed by atoms with Gasteiger partial charge in [-0.05, 0) is 0 Å². The number of carboxylic acid groups (broad SMARTS) is 3. The van der Waals surface area contributed by atoms with Crippen LogP contribution < -0.4 is 0 Å². The predicted octanol–water partition coefficient (Wildman–Crippen LogP) is 1.33. The lowest BCUT2D eigenvalue weighted by Crippen LogP contribution is -1.78. The SMILES string of the molecule is CC(=O)O.CC(=O)O.CC(=O)O.SC(S)S. The van der Waals surface area contributed by atoms with Crippen molar-refractivity contribution >= 4 is 55.8 Å². The van der Waals surface area contributed by atoms with Gasteiger partial charge in [0.1, 0.15) is 0 Å². The van der Waals surface area contributed by atoms with Crippen molar-refractivity contribution < 1.29 is 29.7 Å². The summed E-state index contributed by atoms with van der Waals surface area (Å²) in [5.74, 6) is -2.50. The molecule has 0 aliphatic heterocycles. The Morgan fingerprint density at radius 3 is 0.750 bits per heavy atom. The quantitative estimate of drug-likeness (QED) is 0.297. The van der Waals surface area contributed by atoms with Crippen molar-refractivity contribution in [2.45, 2.75) is 24.7 Å². The molecule has 9 heteroatoms. The van der Waals surface area contributed by atoms with E-state index in [1.54, 1.807) is 0 Å². The van der Waals surface area contributed by atoms with Gasteiger partial charge >= 0.3 is 0 Å². The molecule has 16 heavy (non-hydrogen) atoms. The van der Waals surface area contributed by atoms with Gasteiger partial charge in [-0.25, -0.2) is 0 Å². The van der Waals surface area contributed by atoms with Gasteiger partial charge in [0.25, 0.3) is 17.9 Å². The van der Waals surface area contributed by atoms with Gasteiger partial charge in [-0.2, -0.15) is 37.9 Å². The van der Waals surface area contributed by atoms with Crippen LogP contribution in [0.1, 0.15) is 20.8 Å². The molecule has 0 aromatic carbocycles. The van der Waals surface area contributed by atoms with Crippen molar-refractivity contribution in [1.29, 1.82) is 0 Å². The van der Waals surface area contributed by atoms with Gasteiger partial charge in [0.2, 0.25) is 0 Å². The van der Waals surface area contributed by atoms with E-state index in [1.165, 1.54) is 0 Å². The molecule has 0 aromatic heterocycles. The summed E-state index contributed by atoms with van der Waals surface area (Å²) in [5.41, 5.74) is 0. The first-order valence-corrected chi connectivity index (χ1v) is 5.11. The van der Waals surface area contributed by atoms with Crippen LogP contribution in [-0.4, -0.2) is 37.1 Å². The first-order chi connectivity index (χ1) is 6.93. The van der Waals surface area contributed by atoms with Crippen molar-refractivity contribution in [2.24, 2.45) is 0 Å². The summed E-state index contributed by atoms with van der Waals surface area (Å²) in [6, 6.07) is 0. The normalized spacial score (nSPS) is 6.94. The molecule has 0 saturated carbocycles. The van der Waals surface area contributed by atoms with Crippen LogP contribution in [0.4, 0.5) is 0 Å². The molecule has 3 N–H and O–H groups in total. The van der Waals surface area contributed by atoms with Crippen LogP contribution >= 0.6 is 37.9 Å². The maximum Gasteiger partial charge on any atom is 0.300 e. The molecular formula is C7H16O6S3. The van der Waals surface area contributed by atoms with Crippen LogP contribution in [-0.2, 0) is 14.4 Å². The third-order valence-electron chi connectivity index (χ3n) is 0. The summed E-state index contributed by atoms with van der Waals surface area (Å²) in [7, 11) is 0. The third kappa shape index (κ3) is 7170. The Labute approximate surface area is 110 Å². The molecule has 98 valence electrons. The number of carbonyl (C=O) groups is 3.